The third-order valence-corrected chi connectivity index (χ3v) is 2.04. The maximum Gasteiger partial charge on any atom is 0.235 e. The molecule has 4 heteroatoms. The van der Waals surface area contributed by atoms with Crippen molar-refractivity contribution in [3.63, 3.8) is 0 Å². The average Bonchev–Trinajstić information content (AvgIpc) is 2.54. The van der Waals surface area contributed by atoms with E-state index in [2.05, 4.69) is 5.32 Å². The van der Waals surface area contributed by atoms with Crippen LogP contribution in [0.2, 0.25) is 0 Å². The van der Waals surface area contributed by atoms with Gasteiger partial charge in [0.25, 0.3) is 0 Å². The molecular weight excluding hydrogens is 202 g/mol. The minimum Gasteiger partial charge on any atom is -0.469 e. The summed E-state index contributed by atoms with van der Waals surface area (Å²) in [5, 5.41) is 2.81. The summed E-state index contributed by atoms with van der Waals surface area (Å²) in [6.45, 7) is 3.86. The summed E-state index contributed by atoms with van der Waals surface area (Å²) in [6, 6.07) is 3.71. The number of amides is 1. The number of halogens is 1. The third-order valence-electron chi connectivity index (χ3n) is 1.80. The molecule has 14 heavy (non-hydrogen) atoms. The zero-order valence-corrected chi connectivity index (χ0v) is 9.10. The van der Waals surface area contributed by atoms with Gasteiger partial charge in [0.1, 0.15) is 11.6 Å². The summed E-state index contributed by atoms with van der Waals surface area (Å²) in [5.74, 6) is 0.676. The van der Waals surface area contributed by atoms with Crippen LogP contribution in [0.3, 0.4) is 0 Å². The zero-order valence-electron chi connectivity index (χ0n) is 8.34. The molecule has 1 rings (SSSR count). The van der Waals surface area contributed by atoms with E-state index in [4.69, 9.17) is 16.0 Å². The van der Waals surface area contributed by atoms with Crippen LogP contribution in [0.1, 0.15) is 19.6 Å². The number of hydrogen-bond acceptors (Lipinski definition) is 2. The molecule has 1 amide bonds. The summed E-state index contributed by atoms with van der Waals surface area (Å²) in [7, 11) is 0. The zero-order chi connectivity index (χ0) is 10.6. The van der Waals surface area contributed by atoms with E-state index < -0.39 is 0 Å². The molecule has 3 nitrogen and oxygen atoms in total. The molecule has 0 fully saturated rings. The van der Waals surface area contributed by atoms with Crippen molar-refractivity contribution in [1.82, 2.24) is 5.32 Å². The van der Waals surface area contributed by atoms with Crippen molar-refractivity contribution in [1.29, 1.82) is 0 Å². The van der Waals surface area contributed by atoms with Crippen molar-refractivity contribution >= 4 is 17.5 Å². The van der Waals surface area contributed by atoms with Gasteiger partial charge in [-0.1, -0.05) is 0 Å². The number of nitrogens with one attached hydrogen (secondary N) is 1. The monoisotopic (exact) mass is 215 g/mol. The van der Waals surface area contributed by atoms with Gasteiger partial charge in [-0.25, -0.2) is 0 Å². The van der Waals surface area contributed by atoms with Crippen molar-refractivity contribution in [2.45, 2.75) is 25.8 Å². The molecule has 1 aromatic rings. The number of carbonyl (C=O) groups excluding carboxylic acids is 1. The van der Waals surface area contributed by atoms with Crippen LogP contribution in [0.5, 0.6) is 0 Å². The highest BCUT2D eigenvalue weighted by atomic mass is 35.5. The molecule has 1 N–H and O–H groups in total. The predicted octanol–water partition coefficient (Wildman–Crippen LogP) is 1.96. The van der Waals surface area contributed by atoms with Gasteiger partial charge in [0.15, 0.2) is 0 Å². The molecule has 0 bridgehead atoms. The molecule has 0 aliphatic carbocycles. The van der Waals surface area contributed by atoms with Gasteiger partial charge < -0.3 is 9.73 Å². The Kier molecular flexibility index (Phi) is 3.58. The van der Waals surface area contributed by atoms with Crippen molar-refractivity contribution in [2.75, 3.05) is 5.88 Å². The minimum atomic E-state index is -0.330. The highest BCUT2D eigenvalue weighted by Crippen LogP contribution is 2.12. The van der Waals surface area contributed by atoms with Crippen LogP contribution in [0.15, 0.2) is 22.8 Å². The Morgan fingerprint density at radius 1 is 1.64 bits per heavy atom. The molecule has 0 aliphatic heterocycles. The van der Waals surface area contributed by atoms with Gasteiger partial charge in [0, 0.05) is 12.0 Å². The Morgan fingerprint density at radius 2 is 2.36 bits per heavy atom. The lowest BCUT2D eigenvalue weighted by Crippen LogP contribution is -2.45. The molecule has 0 atom stereocenters. The molecule has 78 valence electrons. The van der Waals surface area contributed by atoms with E-state index in [1.54, 1.807) is 6.26 Å². The lowest BCUT2D eigenvalue weighted by Gasteiger charge is -2.24. The van der Waals surface area contributed by atoms with Crippen molar-refractivity contribution < 1.29 is 9.21 Å². The van der Waals surface area contributed by atoms with Gasteiger partial charge in [0.05, 0.1) is 6.26 Å². The lowest BCUT2D eigenvalue weighted by molar-refractivity contribution is -0.120. The van der Waals surface area contributed by atoms with Crippen LogP contribution in [0, 0.1) is 0 Å². The van der Waals surface area contributed by atoms with Gasteiger partial charge in [-0.3, -0.25) is 4.79 Å². The summed E-state index contributed by atoms with van der Waals surface area (Å²) in [6.07, 6.45) is 2.28. The average molecular weight is 216 g/mol. The number of carbonyl (C=O) groups is 1. The lowest BCUT2D eigenvalue weighted by atomic mass is 9.99. The van der Waals surface area contributed by atoms with E-state index in [0.29, 0.717) is 6.42 Å². The second-order valence-electron chi connectivity index (χ2n) is 3.82. The molecule has 0 aliphatic rings. The van der Waals surface area contributed by atoms with Crippen LogP contribution in [-0.2, 0) is 11.2 Å². The highest BCUT2D eigenvalue weighted by Gasteiger charge is 2.21. The highest BCUT2D eigenvalue weighted by molar-refractivity contribution is 6.27. The minimum absolute atomic E-state index is 0.0123. The predicted molar refractivity (Wildman–Crippen MR) is 55.4 cm³/mol. The van der Waals surface area contributed by atoms with Crippen LogP contribution in [0.25, 0.3) is 0 Å². The van der Waals surface area contributed by atoms with Crippen LogP contribution < -0.4 is 5.32 Å². The fraction of sp³-hybridized carbons (Fsp3) is 0.500. The molecular formula is C10H14ClNO2. The molecule has 1 aromatic heterocycles. The Bertz CT molecular complexity index is 293. The third kappa shape index (κ3) is 3.42. The molecule has 0 unspecified atom stereocenters. The first-order chi connectivity index (χ1) is 6.53. The summed E-state index contributed by atoms with van der Waals surface area (Å²) in [5.41, 5.74) is -0.330. The maximum absolute atomic E-state index is 11.1. The van der Waals surface area contributed by atoms with E-state index in [1.165, 1.54) is 0 Å². The van der Waals surface area contributed by atoms with Gasteiger partial charge in [-0.05, 0) is 26.0 Å². The van der Waals surface area contributed by atoms with Gasteiger partial charge >= 0.3 is 0 Å². The molecule has 0 radical (unpaired) electrons. The summed E-state index contributed by atoms with van der Waals surface area (Å²) >= 11 is 5.40. The molecule has 0 aromatic carbocycles. The number of alkyl halides is 1. The smallest absolute Gasteiger partial charge is 0.235 e. The normalized spacial score (nSPS) is 11.4. The fourth-order valence-electron chi connectivity index (χ4n) is 1.30. The van der Waals surface area contributed by atoms with Gasteiger partial charge in [0.2, 0.25) is 5.91 Å². The first-order valence-electron chi connectivity index (χ1n) is 4.43. The fourth-order valence-corrected chi connectivity index (χ4v) is 1.37. The van der Waals surface area contributed by atoms with Crippen LogP contribution in [0.4, 0.5) is 0 Å². The Hall–Kier alpha value is -0.960. The van der Waals surface area contributed by atoms with E-state index in [9.17, 15) is 4.79 Å². The van der Waals surface area contributed by atoms with Crippen molar-refractivity contribution in [2.24, 2.45) is 0 Å². The SMILES string of the molecule is CC(C)(Cc1ccco1)NC(=O)CCl. The van der Waals surface area contributed by atoms with Crippen LogP contribution >= 0.6 is 11.6 Å². The molecule has 0 spiro atoms. The van der Waals surface area contributed by atoms with E-state index in [1.807, 2.05) is 26.0 Å². The number of hydrogen-bond donors (Lipinski definition) is 1. The second kappa shape index (κ2) is 4.51. The molecule has 0 saturated heterocycles. The van der Waals surface area contributed by atoms with E-state index in [-0.39, 0.29) is 17.3 Å². The molecule has 1 heterocycles. The Labute approximate surface area is 88.4 Å². The maximum atomic E-state index is 11.1. The largest absolute Gasteiger partial charge is 0.469 e. The number of rotatable bonds is 4. The Morgan fingerprint density at radius 3 is 2.86 bits per heavy atom. The van der Waals surface area contributed by atoms with Crippen molar-refractivity contribution in [3.05, 3.63) is 24.2 Å². The Balaban J connectivity index is 2.53. The second-order valence-corrected chi connectivity index (χ2v) is 4.09. The van der Waals surface area contributed by atoms with Crippen molar-refractivity contribution in [3.8, 4) is 0 Å². The van der Waals surface area contributed by atoms with E-state index in [0.717, 1.165) is 5.76 Å². The topological polar surface area (TPSA) is 42.2 Å². The quantitative estimate of drug-likeness (QED) is 0.781. The first kappa shape index (κ1) is 11.1. The van der Waals surface area contributed by atoms with Gasteiger partial charge in [-0.2, -0.15) is 0 Å². The molecule has 0 saturated carbocycles. The summed E-state index contributed by atoms with van der Waals surface area (Å²) in [4.78, 5) is 11.1. The van der Waals surface area contributed by atoms with Gasteiger partial charge in [-0.15, -0.1) is 11.6 Å². The first-order valence-corrected chi connectivity index (χ1v) is 4.96. The number of furan rings is 1. The van der Waals surface area contributed by atoms with Crippen LogP contribution in [-0.4, -0.2) is 17.3 Å². The standard InChI is InChI=1S/C10H14ClNO2/c1-10(2,12-9(13)7-11)6-8-4-3-5-14-8/h3-5H,6-7H2,1-2H3,(H,12,13). The summed E-state index contributed by atoms with van der Waals surface area (Å²) < 4.78 is 5.20. The van der Waals surface area contributed by atoms with E-state index >= 15 is 0 Å².